The zero-order valence-electron chi connectivity index (χ0n) is 10.6. The molecular weight excluding hydrogens is 252 g/mol. The molecule has 2 heterocycles. The van der Waals surface area contributed by atoms with E-state index in [0.29, 0.717) is 11.9 Å². The molecule has 0 bridgehead atoms. The number of anilines is 1. The molecule has 0 radical (unpaired) electrons. The van der Waals surface area contributed by atoms with E-state index in [0.717, 1.165) is 26.1 Å². The molecule has 1 fully saturated rings. The molecule has 5 nitrogen and oxygen atoms in total. The van der Waals surface area contributed by atoms with Crippen LogP contribution in [0.5, 0.6) is 0 Å². The van der Waals surface area contributed by atoms with Gasteiger partial charge in [0.05, 0.1) is 6.33 Å². The van der Waals surface area contributed by atoms with E-state index in [4.69, 9.17) is 11.6 Å². The third kappa shape index (κ3) is 3.03. The van der Waals surface area contributed by atoms with Crippen molar-refractivity contribution in [3.05, 3.63) is 21.7 Å². The Morgan fingerprint density at radius 3 is 3.06 bits per heavy atom. The summed E-state index contributed by atoms with van der Waals surface area (Å²) in [5, 5.41) is 3.67. The van der Waals surface area contributed by atoms with Gasteiger partial charge in [-0.3, -0.25) is 4.79 Å². The number of halogens is 1. The van der Waals surface area contributed by atoms with Crippen LogP contribution in [0.1, 0.15) is 26.2 Å². The molecule has 1 aromatic heterocycles. The fourth-order valence-electron chi connectivity index (χ4n) is 2.31. The summed E-state index contributed by atoms with van der Waals surface area (Å²) in [4.78, 5) is 20.2. The summed E-state index contributed by atoms with van der Waals surface area (Å²) in [5.74, 6) is 0.579. The molecule has 1 aliphatic heterocycles. The number of hydrogen-bond donors (Lipinski definition) is 2. The molecule has 0 spiro atoms. The molecule has 0 aromatic carbocycles. The molecule has 1 saturated heterocycles. The Bertz CT molecular complexity index is 442. The molecule has 18 heavy (non-hydrogen) atoms. The van der Waals surface area contributed by atoms with Gasteiger partial charge in [0.2, 0.25) is 0 Å². The molecule has 2 N–H and O–H groups in total. The SMILES string of the molecule is CCN(CC1CCCCN1)c1nc[nH]c(=O)c1Cl. The highest BCUT2D eigenvalue weighted by atomic mass is 35.5. The first-order valence-electron chi connectivity index (χ1n) is 6.44. The number of aromatic nitrogens is 2. The standard InChI is InChI=1S/C12H19ClN4O/c1-2-17(7-9-5-3-4-6-14-9)11-10(13)12(18)16-8-15-11/h8-9,14H,2-7H2,1H3,(H,15,16,18). The van der Waals surface area contributed by atoms with Crippen molar-refractivity contribution in [2.24, 2.45) is 0 Å². The van der Waals surface area contributed by atoms with Crippen molar-refractivity contribution in [2.45, 2.75) is 32.2 Å². The van der Waals surface area contributed by atoms with Crippen molar-refractivity contribution in [3.63, 3.8) is 0 Å². The molecular formula is C12H19ClN4O. The molecule has 100 valence electrons. The summed E-state index contributed by atoms with van der Waals surface area (Å²) in [6, 6.07) is 0.454. The van der Waals surface area contributed by atoms with Gasteiger partial charge in [-0.25, -0.2) is 4.98 Å². The van der Waals surface area contributed by atoms with Crippen LogP contribution in [0.15, 0.2) is 11.1 Å². The van der Waals surface area contributed by atoms with Crippen molar-refractivity contribution in [1.82, 2.24) is 15.3 Å². The summed E-state index contributed by atoms with van der Waals surface area (Å²) >= 11 is 6.02. The van der Waals surface area contributed by atoms with Crippen LogP contribution >= 0.6 is 11.6 Å². The van der Waals surface area contributed by atoms with Crippen LogP contribution in [0.3, 0.4) is 0 Å². The van der Waals surface area contributed by atoms with Crippen LogP contribution in [0, 0.1) is 0 Å². The van der Waals surface area contributed by atoms with Crippen molar-refractivity contribution in [1.29, 1.82) is 0 Å². The van der Waals surface area contributed by atoms with E-state index in [2.05, 4.69) is 20.2 Å². The molecule has 0 amide bonds. The highest BCUT2D eigenvalue weighted by Crippen LogP contribution is 2.19. The van der Waals surface area contributed by atoms with Gasteiger partial charge in [0.15, 0.2) is 5.82 Å². The van der Waals surface area contributed by atoms with Gasteiger partial charge in [-0.1, -0.05) is 18.0 Å². The Morgan fingerprint density at radius 1 is 1.56 bits per heavy atom. The number of rotatable bonds is 4. The first-order valence-corrected chi connectivity index (χ1v) is 6.81. The smallest absolute Gasteiger partial charge is 0.271 e. The summed E-state index contributed by atoms with van der Waals surface area (Å²) < 4.78 is 0. The zero-order valence-corrected chi connectivity index (χ0v) is 11.3. The lowest BCUT2D eigenvalue weighted by Crippen LogP contribution is -2.44. The molecule has 1 unspecified atom stereocenters. The molecule has 1 atom stereocenters. The number of likely N-dealkylation sites (N-methyl/N-ethyl adjacent to an activating group) is 1. The molecule has 0 aliphatic carbocycles. The number of H-pyrrole nitrogens is 1. The average molecular weight is 271 g/mol. The maximum Gasteiger partial charge on any atom is 0.271 e. The molecule has 1 aromatic rings. The minimum absolute atomic E-state index is 0.176. The normalized spacial score (nSPS) is 19.8. The van der Waals surface area contributed by atoms with Crippen LogP contribution in [0.2, 0.25) is 5.02 Å². The molecule has 2 rings (SSSR count). The third-order valence-electron chi connectivity index (χ3n) is 3.31. The first-order chi connectivity index (χ1) is 8.72. The monoisotopic (exact) mass is 270 g/mol. The first kappa shape index (κ1) is 13.4. The van der Waals surface area contributed by atoms with E-state index in [1.807, 2.05) is 6.92 Å². The summed E-state index contributed by atoms with van der Waals surface area (Å²) in [7, 11) is 0. The number of nitrogens with one attached hydrogen (secondary N) is 2. The lowest BCUT2D eigenvalue weighted by molar-refractivity contribution is 0.399. The van der Waals surface area contributed by atoms with Crippen LogP contribution in [-0.2, 0) is 0 Å². The summed E-state index contributed by atoms with van der Waals surface area (Å²) in [5.41, 5.74) is -0.281. The van der Waals surface area contributed by atoms with Gasteiger partial charge >= 0.3 is 0 Å². The number of hydrogen-bond acceptors (Lipinski definition) is 4. The largest absolute Gasteiger partial charge is 0.354 e. The zero-order chi connectivity index (χ0) is 13.0. The second-order valence-corrected chi connectivity index (χ2v) is 4.93. The lowest BCUT2D eigenvalue weighted by atomic mass is 10.0. The van der Waals surface area contributed by atoms with Gasteiger partial charge in [0.25, 0.3) is 5.56 Å². The Balaban J connectivity index is 2.12. The van der Waals surface area contributed by atoms with Crippen LogP contribution < -0.4 is 15.8 Å². The maximum atomic E-state index is 11.5. The van der Waals surface area contributed by atoms with E-state index in [-0.39, 0.29) is 10.6 Å². The van der Waals surface area contributed by atoms with Gasteiger partial charge in [-0.2, -0.15) is 0 Å². The molecule has 6 heteroatoms. The predicted octanol–water partition coefficient (Wildman–Crippen LogP) is 1.39. The van der Waals surface area contributed by atoms with Crippen molar-refractivity contribution in [3.8, 4) is 0 Å². The second-order valence-electron chi connectivity index (χ2n) is 4.55. The van der Waals surface area contributed by atoms with Crippen LogP contribution in [-0.4, -0.2) is 35.6 Å². The molecule has 1 aliphatic rings. The van der Waals surface area contributed by atoms with Gasteiger partial charge in [-0.05, 0) is 26.3 Å². The molecule has 0 saturated carbocycles. The summed E-state index contributed by atoms with van der Waals surface area (Å²) in [6.07, 6.45) is 5.07. The number of piperidine rings is 1. The van der Waals surface area contributed by atoms with E-state index < -0.39 is 0 Å². The summed E-state index contributed by atoms with van der Waals surface area (Å²) in [6.45, 7) is 4.74. The lowest BCUT2D eigenvalue weighted by Gasteiger charge is -2.30. The van der Waals surface area contributed by atoms with Crippen LogP contribution in [0.25, 0.3) is 0 Å². The van der Waals surface area contributed by atoms with Gasteiger partial charge < -0.3 is 15.2 Å². The minimum Gasteiger partial charge on any atom is -0.354 e. The van der Waals surface area contributed by atoms with Gasteiger partial charge in [0, 0.05) is 19.1 Å². The minimum atomic E-state index is -0.281. The van der Waals surface area contributed by atoms with Gasteiger partial charge in [0.1, 0.15) is 5.02 Å². The topological polar surface area (TPSA) is 61.0 Å². The Morgan fingerprint density at radius 2 is 2.39 bits per heavy atom. The Hall–Kier alpha value is -1.07. The number of aromatic amines is 1. The third-order valence-corrected chi connectivity index (χ3v) is 3.65. The fourth-order valence-corrected chi connectivity index (χ4v) is 2.53. The Labute approximate surface area is 112 Å². The highest BCUT2D eigenvalue weighted by molar-refractivity contribution is 6.32. The van der Waals surface area contributed by atoms with E-state index >= 15 is 0 Å². The van der Waals surface area contributed by atoms with Crippen molar-refractivity contribution >= 4 is 17.4 Å². The fraction of sp³-hybridized carbons (Fsp3) is 0.667. The Kier molecular flexibility index (Phi) is 4.60. The van der Waals surface area contributed by atoms with E-state index in [1.165, 1.54) is 19.2 Å². The van der Waals surface area contributed by atoms with Gasteiger partial charge in [-0.15, -0.1) is 0 Å². The second kappa shape index (κ2) is 6.20. The van der Waals surface area contributed by atoms with Crippen molar-refractivity contribution < 1.29 is 0 Å². The predicted molar refractivity (Wildman–Crippen MR) is 73.4 cm³/mol. The van der Waals surface area contributed by atoms with Crippen molar-refractivity contribution in [2.75, 3.05) is 24.5 Å². The van der Waals surface area contributed by atoms with E-state index in [9.17, 15) is 4.79 Å². The van der Waals surface area contributed by atoms with Crippen LogP contribution in [0.4, 0.5) is 5.82 Å². The average Bonchev–Trinajstić information content (AvgIpc) is 2.41. The quantitative estimate of drug-likeness (QED) is 0.868. The maximum absolute atomic E-state index is 11.5. The highest BCUT2D eigenvalue weighted by Gasteiger charge is 2.19. The van der Waals surface area contributed by atoms with E-state index in [1.54, 1.807) is 0 Å². The number of nitrogens with zero attached hydrogens (tertiary/aromatic N) is 2.